The van der Waals surface area contributed by atoms with E-state index in [0.717, 1.165) is 19.4 Å². The quantitative estimate of drug-likeness (QED) is 0.764. The number of fused-ring (bicyclic) bond motifs is 1. The van der Waals surface area contributed by atoms with Crippen molar-refractivity contribution in [3.8, 4) is 0 Å². The van der Waals surface area contributed by atoms with Gasteiger partial charge in [0.1, 0.15) is 0 Å². The minimum absolute atomic E-state index is 0.921. The molecule has 1 aliphatic carbocycles. The molecule has 0 radical (unpaired) electrons. The third kappa shape index (κ3) is 2.20. The Labute approximate surface area is 139 Å². The minimum Gasteiger partial charge on any atom is -0.381 e. The van der Waals surface area contributed by atoms with Crippen molar-refractivity contribution in [1.82, 2.24) is 5.32 Å². The number of rotatable bonds is 2. The highest BCUT2D eigenvalue weighted by atomic mass is 32.1. The molecule has 0 saturated heterocycles. The van der Waals surface area contributed by atoms with E-state index in [1.54, 1.807) is 0 Å². The Bertz CT molecular complexity index is 814. The van der Waals surface area contributed by atoms with Crippen LogP contribution in [0, 0.1) is 13.8 Å². The first-order valence-electron chi connectivity index (χ1n) is 7.72. The molecule has 1 N–H and O–H groups in total. The zero-order valence-corrected chi connectivity index (χ0v) is 14.5. The second-order valence-electron chi connectivity index (χ2n) is 5.79. The fourth-order valence-electron chi connectivity index (χ4n) is 3.44. The summed E-state index contributed by atoms with van der Waals surface area (Å²) < 4.78 is 0. The van der Waals surface area contributed by atoms with E-state index in [0.29, 0.717) is 0 Å². The van der Waals surface area contributed by atoms with Crippen molar-refractivity contribution in [2.75, 3.05) is 6.54 Å². The lowest BCUT2D eigenvalue weighted by molar-refractivity contribution is 0.900. The van der Waals surface area contributed by atoms with Gasteiger partial charge in [-0.3, -0.25) is 0 Å². The summed E-state index contributed by atoms with van der Waals surface area (Å²) in [5.74, 6) is 0. The molecular weight excluding hydrogens is 306 g/mol. The molecule has 3 heterocycles. The lowest BCUT2D eigenvalue weighted by atomic mass is 9.81. The molecule has 1 nitrogen and oxygen atoms in total. The largest absolute Gasteiger partial charge is 0.381 e. The Morgan fingerprint density at radius 3 is 2.32 bits per heavy atom. The van der Waals surface area contributed by atoms with Crippen LogP contribution in [0.5, 0.6) is 0 Å². The van der Waals surface area contributed by atoms with Gasteiger partial charge in [-0.25, -0.2) is 0 Å². The summed E-state index contributed by atoms with van der Waals surface area (Å²) in [5.41, 5.74) is 8.54. The molecule has 0 saturated carbocycles. The van der Waals surface area contributed by atoms with Crippen LogP contribution >= 0.6 is 22.7 Å². The molecular formula is C19H19NS2. The maximum atomic E-state index is 3.63. The summed E-state index contributed by atoms with van der Waals surface area (Å²) in [6.07, 6.45) is 7.05. The Morgan fingerprint density at radius 2 is 1.64 bits per heavy atom. The summed E-state index contributed by atoms with van der Waals surface area (Å²) in [6.45, 7) is 5.37. The third-order valence-electron chi connectivity index (χ3n) is 4.52. The maximum absolute atomic E-state index is 3.63. The standard InChI is InChI=1S/C19H19NS2/c1-12-14(7-10-21-12)16-4-3-5-18-17(16)6-9-20-19(18)15-8-11-22-13(15)2/h4,6-8,10-11,20H,3,5,9H2,1-2H3. The second-order valence-corrected chi connectivity index (χ2v) is 8.03. The number of allylic oxidation sites excluding steroid dienone is 4. The molecule has 112 valence electrons. The van der Waals surface area contributed by atoms with Crippen molar-refractivity contribution in [3.05, 3.63) is 67.1 Å². The molecule has 4 rings (SSSR count). The normalized spacial score (nSPS) is 17.7. The van der Waals surface area contributed by atoms with Gasteiger partial charge in [0, 0.05) is 27.6 Å². The van der Waals surface area contributed by atoms with Gasteiger partial charge < -0.3 is 5.32 Å². The third-order valence-corrected chi connectivity index (χ3v) is 6.21. The van der Waals surface area contributed by atoms with E-state index in [-0.39, 0.29) is 0 Å². The van der Waals surface area contributed by atoms with Crippen LogP contribution in [0.25, 0.3) is 11.3 Å². The van der Waals surface area contributed by atoms with Crippen LogP contribution < -0.4 is 5.32 Å². The molecule has 0 bridgehead atoms. The Balaban J connectivity index is 1.84. The molecule has 3 heteroatoms. The summed E-state index contributed by atoms with van der Waals surface area (Å²) in [6, 6.07) is 4.53. The van der Waals surface area contributed by atoms with Gasteiger partial charge >= 0.3 is 0 Å². The monoisotopic (exact) mass is 325 g/mol. The van der Waals surface area contributed by atoms with Crippen molar-refractivity contribution < 1.29 is 0 Å². The number of hydrogen-bond acceptors (Lipinski definition) is 3. The molecule has 1 aliphatic heterocycles. The number of hydrogen-bond donors (Lipinski definition) is 1. The molecule has 0 unspecified atom stereocenters. The fraction of sp³-hybridized carbons (Fsp3) is 0.263. The first kappa shape index (κ1) is 14.0. The van der Waals surface area contributed by atoms with Crippen LogP contribution in [0.4, 0.5) is 0 Å². The molecule has 0 amide bonds. The van der Waals surface area contributed by atoms with Crippen molar-refractivity contribution in [1.29, 1.82) is 0 Å². The molecule has 0 atom stereocenters. The molecule has 0 spiro atoms. The number of thiophene rings is 2. The average Bonchev–Trinajstić information content (AvgIpc) is 3.14. The minimum atomic E-state index is 0.921. The van der Waals surface area contributed by atoms with Crippen molar-refractivity contribution >= 4 is 33.9 Å². The van der Waals surface area contributed by atoms with Crippen LogP contribution in [0.2, 0.25) is 0 Å². The van der Waals surface area contributed by atoms with E-state index in [1.807, 2.05) is 22.7 Å². The smallest absolute Gasteiger partial charge is 0.0466 e. The van der Waals surface area contributed by atoms with Gasteiger partial charge in [-0.2, -0.15) is 0 Å². The molecule has 2 aromatic heterocycles. The van der Waals surface area contributed by atoms with E-state index < -0.39 is 0 Å². The van der Waals surface area contributed by atoms with E-state index in [1.165, 1.54) is 43.3 Å². The van der Waals surface area contributed by atoms with Gasteiger partial charge in [0.05, 0.1) is 0 Å². The van der Waals surface area contributed by atoms with E-state index in [4.69, 9.17) is 0 Å². The zero-order chi connectivity index (χ0) is 15.1. The van der Waals surface area contributed by atoms with Crippen LogP contribution in [0.1, 0.15) is 33.7 Å². The van der Waals surface area contributed by atoms with Crippen molar-refractivity contribution in [2.24, 2.45) is 0 Å². The van der Waals surface area contributed by atoms with Gasteiger partial charge in [-0.1, -0.05) is 12.2 Å². The van der Waals surface area contributed by atoms with Gasteiger partial charge in [-0.05, 0) is 71.9 Å². The molecule has 0 aromatic carbocycles. The van der Waals surface area contributed by atoms with Gasteiger partial charge in [-0.15, -0.1) is 22.7 Å². The number of aryl methyl sites for hydroxylation is 2. The zero-order valence-electron chi connectivity index (χ0n) is 12.9. The highest BCUT2D eigenvalue weighted by Gasteiger charge is 2.25. The lowest BCUT2D eigenvalue weighted by Crippen LogP contribution is -2.21. The van der Waals surface area contributed by atoms with E-state index in [9.17, 15) is 0 Å². The first-order valence-corrected chi connectivity index (χ1v) is 9.48. The van der Waals surface area contributed by atoms with Crippen LogP contribution in [0.15, 0.2) is 46.2 Å². The topological polar surface area (TPSA) is 12.0 Å². The SMILES string of the molecule is Cc1sccc1C1=CCCC2=C(c3ccsc3C)NCC=C12. The van der Waals surface area contributed by atoms with Crippen molar-refractivity contribution in [2.45, 2.75) is 26.7 Å². The molecule has 0 fully saturated rings. The molecule has 2 aromatic rings. The molecule has 2 aliphatic rings. The van der Waals surface area contributed by atoms with Crippen LogP contribution in [-0.4, -0.2) is 6.54 Å². The predicted octanol–water partition coefficient (Wildman–Crippen LogP) is 5.54. The highest BCUT2D eigenvalue weighted by Crippen LogP contribution is 2.42. The molecule has 22 heavy (non-hydrogen) atoms. The van der Waals surface area contributed by atoms with Crippen LogP contribution in [-0.2, 0) is 0 Å². The number of nitrogens with one attached hydrogen (secondary N) is 1. The predicted molar refractivity (Wildman–Crippen MR) is 98.3 cm³/mol. The summed E-state index contributed by atoms with van der Waals surface area (Å²) in [4.78, 5) is 2.82. The van der Waals surface area contributed by atoms with Crippen LogP contribution in [0.3, 0.4) is 0 Å². The Morgan fingerprint density at radius 1 is 0.909 bits per heavy atom. The Kier molecular flexibility index (Phi) is 3.55. The van der Waals surface area contributed by atoms with Gasteiger partial charge in [0.2, 0.25) is 0 Å². The highest BCUT2D eigenvalue weighted by molar-refractivity contribution is 7.10. The number of dihydropyridines is 1. The second kappa shape index (κ2) is 5.56. The first-order chi connectivity index (χ1) is 10.8. The van der Waals surface area contributed by atoms with E-state index >= 15 is 0 Å². The van der Waals surface area contributed by atoms with Gasteiger partial charge in [0.25, 0.3) is 0 Å². The van der Waals surface area contributed by atoms with Crippen molar-refractivity contribution in [3.63, 3.8) is 0 Å². The summed E-state index contributed by atoms with van der Waals surface area (Å²) in [7, 11) is 0. The Hall–Kier alpha value is -1.58. The summed E-state index contributed by atoms with van der Waals surface area (Å²) in [5, 5.41) is 8.03. The van der Waals surface area contributed by atoms with E-state index in [2.05, 4.69) is 54.2 Å². The average molecular weight is 326 g/mol. The summed E-state index contributed by atoms with van der Waals surface area (Å²) >= 11 is 3.67. The fourth-order valence-corrected chi connectivity index (χ4v) is 4.86. The van der Waals surface area contributed by atoms with Gasteiger partial charge in [0.15, 0.2) is 0 Å². The lowest BCUT2D eigenvalue weighted by Gasteiger charge is -2.28. The maximum Gasteiger partial charge on any atom is 0.0466 e.